The summed E-state index contributed by atoms with van der Waals surface area (Å²) < 4.78 is 21.1. The number of nitrogens with two attached hydrogens (primary N) is 1. The Bertz CT molecular complexity index is 565. The van der Waals surface area contributed by atoms with Crippen molar-refractivity contribution >= 4 is 14.1 Å². The zero-order valence-corrected chi connectivity index (χ0v) is 11.0. The van der Waals surface area contributed by atoms with E-state index in [4.69, 9.17) is 15.4 Å². The van der Waals surface area contributed by atoms with Crippen LogP contribution in [-0.4, -0.2) is 49.6 Å². The van der Waals surface area contributed by atoms with Crippen molar-refractivity contribution in [1.29, 1.82) is 0 Å². The maximum atomic E-state index is 11.6. The zero-order chi connectivity index (χ0) is 14.9. The van der Waals surface area contributed by atoms with Gasteiger partial charge in [0.15, 0.2) is 6.23 Å². The Balaban J connectivity index is 2.17. The van der Waals surface area contributed by atoms with Crippen LogP contribution in [-0.2, 0) is 13.8 Å². The molecular weight excluding hydrogens is 293 g/mol. The number of nitrogen functional groups attached to an aromatic ring is 1. The molecule has 1 fully saturated rings. The van der Waals surface area contributed by atoms with Crippen LogP contribution in [0.5, 0.6) is 0 Å². The highest BCUT2D eigenvalue weighted by Gasteiger charge is 2.44. The topological polar surface area (TPSA) is 157 Å². The first-order valence-corrected chi connectivity index (χ1v) is 6.68. The second-order valence-electron chi connectivity index (χ2n) is 4.12. The van der Waals surface area contributed by atoms with E-state index in [0.717, 1.165) is 4.57 Å². The predicted octanol–water partition coefficient (Wildman–Crippen LogP) is -1.89. The molecule has 1 aliphatic heterocycles. The molecule has 0 aliphatic carbocycles. The highest BCUT2D eigenvalue weighted by Crippen LogP contribution is 2.30. The fraction of sp³-hybridized carbons (Fsp3) is 0.556. The molecule has 1 aromatic heterocycles. The van der Waals surface area contributed by atoms with Crippen molar-refractivity contribution in [2.24, 2.45) is 0 Å². The van der Waals surface area contributed by atoms with Gasteiger partial charge in [0.1, 0.15) is 24.1 Å². The Morgan fingerprint density at radius 2 is 2.20 bits per heavy atom. The molecule has 11 heteroatoms. The number of rotatable bonds is 4. The predicted molar refractivity (Wildman–Crippen MR) is 64.6 cm³/mol. The number of anilines is 1. The Morgan fingerprint density at radius 1 is 1.50 bits per heavy atom. The summed E-state index contributed by atoms with van der Waals surface area (Å²) >= 11 is 0. The van der Waals surface area contributed by atoms with Crippen LogP contribution in [0.3, 0.4) is 0 Å². The minimum absolute atomic E-state index is 0.0106. The first kappa shape index (κ1) is 15.0. The summed E-state index contributed by atoms with van der Waals surface area (Å²) in [6.45, 7) is -0.405. The van der Waals surface area contributed by atoms with Gasteiger partial charge in [-0.05, 0) is 6.07 Å². The van der Waals surface area contributed by atoms with E-state index in [1.807, 2.05) is 0 Å². The second-order valence-corrected chi connectivity index (χ2v) is 4.86. The Labute approximate surface area is 113 Å². The molecular formula is C9H13N3O7P. The van der Waals surface area contributed by atoms with Gasteiger partial charge in [-0.1, -0.05) is 0 Å². The van der Waals surface area contributed by atoms with Crippen molar-refractivity contribution in [1.82, 2.24) is 9.55 Å². The third-order valence-corrected chi connectivity index (χ3v) is 3.18. The largest absolute Gasteiger partial charge is 0.387 e. The van der Waals surface area contributed by atoms with Gasteiger partial charge in [-0.25, -0.2) is 9.36 Å². The molecule has 5 N–H and O–H groups in total. The minimum atomic E-state index is -2.85. The molecule has 0 amide bonds. The number of nitrogens with zero attached hydrogens (tertiary/aromatic N) is 2. The second kappa shape index (κ2) is 5.92. The summed E-state index contributed by atoms with van der Waals surface area (Å²) in [5, 5.41) is 19.6. The van der Waals surface area contributed by atoms with Crippen LogP contribution >= 0.6 is 8.25 Å². The van der Waals surface area contributed by atoms with Crippen LogP contribution in [0, 0.1) is 0 Å². The molecule has 0 aromatic carbocycles. The molecule has 1 aliphatic rings. The summed E-state index contributed by atoms with van der Waals surface area (Å²) in [7, 11) is -2.85. The molecule has 111 valence electrons. The third kappa shape index (κ3) is 3.01. The van der Waals surface area contributed by atoms with Crippen molar-refractivity contribution in [2.45, 2.75) is 24.5 Å². The fourth-order valence-electron chi connectivity index (χ4n) is 1.85. The number of aromatic nitrogens is 2. The Kier molecular flexibility index (Phi) is 4.43. The molecule has 10 nitrogen and oxygen atoms in total. The number of aliphatic hydroxyl groups is 2. The monoisotopic (exact) mass is 306 g/mol. The van der Waals surface area contributed by atoms with Crippen molar-refractivity contribution in [3.63, 3.8) is 0 Å². The van der Waals surface area contributed by atoms with Crippen LogP contribution in [0.25, 0.3) is 0 Å². The van der Waals surface area contributed by atoms with E-state index in [1.54, 1.807) is 0 Å². The first-order chi connectivity index (χ1) is 9.40. The van der Waals surface area contributed by atoms with Crippen LogP contribution < -0.4 is 11.4 Å². The number of aliphatic hydroxyl groups excluding tert-OH is 2. The molecule has 1 unspecified atom stereocenters. The van der Waals surface area contributed by atoms with Crippen LogP contribution in [0.15, 0.2) is 17.1 Å². The third-order valence-electron chi connectivity index (χ3n) is 2.81. The molecule has 1 aromatic rings. The number of hydrogen-bond donors (Lipinski definition) is 4. The van der Waals surface area contributed by atoms with Crippen LogP contribution in [0.4, 0.5) is 5.82 Å². The normalized spacial score (nSPS) is 30.4. The summed E-state index contributed by atoms with van der Waals surface area (Å²) in [6, 6.07) is 1.33. The standard InChI is InChI=1S/C9H13N3O7P/c10-5-1-2-12(9(15)11-5)8-7(14)6(13)4(19-8)3-18-20(16)17/h1-2,4,6-8,13-14H,3H2,(H,16,17)(H2,10,11,15)/t4-,6-,7-,8-/m1/s1. The van der Waals surface area contributed by atoms with E-state index in [-0.39, 0.29) is 5.82 Å². The van der Waals surface area contributed by atoms with Crippen molar-refractivity contribution < 1.29 is 28.9 Å². The fourth-order valence-corrected chi connectivity index (χ4v) is 2.13. The van der Waals surface area contributed by atoms with Gasteiger partial charge in [-0.3, -0.25) is 14.0 Å². The first-order valence-electron chi connectivity index (χ1n) is 5.55. The van der Waals surface area contributed by atoms with Crippen LogP contribution in [0.1, 0.15) is 6.23 Å². The lowest BCUT2D eigenvalue weighted by Crippen LogP contribution is -2.36. The van der Waals surface area contributed by atoms with Gasteiger partial charge in [-0.2, -0.15) is 4.98 Å². The van der Waals surface area contributed by atoms with E-state index in [2.05, 4.69) is 9.51 Å². The molecule has 2 rings (SSSR count). The van der Waals surface area contributed by atoms with Gasteiger partial charge in [-0.15, -0.1) is 0 Å². The van der Waals surface area contributed by atoms with Gasteiger partial charge in [0.25, 0.3) is 0 Å². The van der Waals surface area contributed by atoms with E-state index >= 15 is 0 Å². The Morgan fingerprint density at radius 3 is 2.80 bits per heavy atom. The van der Waals surface area contributed by atoms with E-state index in [9.17, 15) is 19.6 Å². The average Bonchev–Trinajstić information content (AvgIpc) is 2.64. The SMILES string of the molecule is Nc1ccn([C@@H]2O[C@H](CO[P](=O)O)[C@@H](O)[C@H]2O)c(=O)n1. The maximum Gasteiger partial charge on any atom is 0.366 e. The summed E-state index contributed by atoms with van der Waals surface area (Å²) in [4.78, 5) is 23.6. The lowest BCUT2D eigenvalue weighted by molar-refractivity contribution is -0.0516. The van der Waals surface area contributed by atoms with E-state index in [1.165, 1.54) is 12.3 Å². The molecule has 1 saturated heterocycles. The minimum Gasteiger partial charge on any atom is -0.387 e. The van der Waals surface area contributed by atoms with Crippen LogP contribution in [0.2, 0.25) is 0 Å². The Hall–Kier alpha value is -1.42. The molecule has 0 spiro atoms. The highest BCUT2D eigenvalue weighted by molar-refractivity contribution is 7.32. The smallest absolute Gasteiger partial charge is 0.366 e. The van der Waals surface area contributed by atoms with Gasteiger partial charge >= 0.3 is 13.9 Å². The van der Waals surface area contributed by atoms with Crippen molar-refractivity contribution in [3.8, 4) is 0 Å². The van der Waals surface area contributed by atoms with Gasteiger partial charge < -0.3 is 20.7 Å². The van der Waals surface area contributed by atoms with Gasteiger partial charge in [0.2, 0.25) is 0 Å². The molecule has 2 heterocycles. The molecule has 5 atom stereocenters. The molecule has 0 bridgehead atoms. The average molecular weight is 306 g/mol. The zero-order valence-electron chi connectivity index (χ0n) is 10.1. The molecule has 1 radical (unpaired) electrons. The van der Waals surface area contributed by atoms with Gasteiger partial charge in [0.05, 0.1) is 6.61 Å². The summed E-state index contributed by atoms with van der Waals surface area (Å²) in [5.74, 6) is 0.0106. The van der Waals surface area contributed by atoms with E-state index < -0.39 is 45.1 Å². The summed E-state index contributed by atoms with van der Waals surface area (Å²) in [6.07, 6.45) is -3.76. The lowest BCUT2D eigenvalue weighted by Gasteiger charge is -2.16. The summed E-state index contributed by atoms with van der Waals surface area (Å²) in [5.41, 5.74) is 4.59. The van der Waals surface area contributed by atoms with E-state index in [0.29, 0.717) is 0 Å². The quantitative estimate of drug-likeness (QED) is 0.467. The maximum absolute atomic E-state index is 11.6. The van der Waals surface area contributed by atoms with Gasteiger partial charge in [0, 0.05) is 6.20 Å². The molecule has 0 saturated carbocycles. The number of ether oxygens (including phenoxy) is 1. The van der Waals surface area contributed by atoms with Crippen molar-refractivity contribution in [2.75, 3.05) is 12.3 Å². The van der Waals surface area contributed by atoms with Crippen molar-refractivity contribution in [3.05, 3.63) is 22.7 Å². The number of hydrogen-bond acceptors (Lipinski definition) is 8. The lowest BCUT2D eigenvalue weighted by atomic mass is 10.1. The highest BCUT2D eigenvalue weighted by atomic mass is 31.1. The molecule has 20 heavy (non-hydrogen) atoms.